The predicted octanol–water partition coefficient (Wildman–Crippen LogP) is -0.698. The molecule has 5 heterocycles. The van der Waals surface area contributed by atoms with Crippen molar-refractivity contribution < 1.29 is 167 Å². The zero-order valence-electron chi connectivity index (χ0n) is 83.5. The predicted molar refractivity (Wildman–Crippen MR) is 510 cm³/mol. The number of halogens is 1. The van der Waals surface area contributed by atoms with E-state index in [9.17, 15) is 72.2 Å². The molecular weight excluding hydrogens is 1900 g/mol. The van der Waals surface area contributed by atoms with E-state index in [-0.39, 0.29) is 191 Å². The van der Waals surface area contributed by atoms with E-state index < -0.39 is 130 Å². The molecule has 0 radical (unpaired) electrons. The van der Waals surface area contributed by atoms with Crippen LogP contribution in [0, 0.1) is 12.7 Å². The average Bonchev–Trinajstić information content (AvgIpc) is 1.53. The van der Waals surface area contributed by atoms with Crippen LogP contribution in [0.1, 0.15) is 144 Å². The number of aliphatic carboxylic acids is 1. The van der Waals surface area contributed by atoms with Gasteiger partial charge in [0, 0.05) is 87.3 Å². The summed E-state index contributed by atoms with van der Waals surface area (Å²) in [6.07, 6.45) is 2.54. The van der Waals surface area contributed by atoms with Crippen molar-refractivity contribution in [3.63, 3.8) is 0 Å². The first-order chi connectivity index (χ1) is 69.7. The molecule has 7 atom stereocenters. The summed E-state index contributed by atoms with van der Waals surface area (Å²) >= 11 is 0. The number of carboxylic acid groups (broad SMARTS) is 1. The van der Waals surface area contributed by atoms with Crippen LogP contribution in [0.25, 0.3) is 22.3 Å². The minimum absolute atomic E-state index is 0.00388. The van der Waals surface area contributed by atoms with Gasteiger partial charge in [-0.15, -0.1) is 0 Å². The molecule has 11 amide bonds. The van der Waals surface area contributed by atoms with Gasteiger partial charge in [-0.25, -0.2) is 14.2 Å². The van der Waals surface area contributed by atoms with Crippen LogP contribution in [0.3, 0.4) is 0 Å². The third-order valence-electron chi connectivity index (χ3n) is 23.0. The van der Waals surface area contributed by atoms with Crippen LogP contribution in [-0.2, 0) is 178 Å². The second-order valence-corrected chi connectivity index (χ2v) is 33.7. The minimum Gasteiger partial charge on any atom is -0.481 e. The van der Waals surface area contributed by atoms with Crippen LogP contribution in [0.15, 0.2) is 29.1 Å². The molecule has 1 aromatic carbocycles. The zero-order valence-corrected chi connectivity index (χ0v) is 83.5. The Morgan fingerprint density at radius 1 is 0.472 bits per heavy atom. The number of benzene rings is 1. The van der Waals surface area contributed by atoms with E-state index in [1.165, 1.54) is 37.5 Å². The number of methoxy groups -OCH3 is 1. The number of fused-ring (bicyclic) bond motifs is 5. The highest BCUT2D eigenvalue weighted by Crippen LogP contribution is 2.46. The topological polar surface area (TPSA) is 584 Å². The highest BCUT2D eigenvalue weighted by molar-refractivity contribution is 6.13. The van der Waals surface area contributed by atoms with E-state index in [0.29, 0.717) is 219 Å². The summed E-state index contributed by atoms with van der Waals surface area (Å²) in [7, 11) is 1.62. The summed E-state index contributed by atoms with van der Waals surface area (Å²) in [5.74, 6) is -9.39. The van der Waals surface area contributed by atoms with Gasteiger partial charge in [0.05, 0.1) is 266 Å². The molecule has 1 aliphatic carbocycles. The fraction of sp³-hybridized carbons (Fsp3) is 0.698. The van der Waals surface area contributed by atoms with Crippen molar-refractivity contribution >= 4 is 87.8 Å². The summed E-state index contributed by atoms with van der Waals surface area (Å²) < 4.78 is 120. The molecule has 11 N–H and O–H groups in total. The molecular formula is C96H147FN12O35. The van der Waals surface area contributed by atoms with Crippen LogP contribution in [0.5, 0.6) is 0 Å². The van der Waals surface area contributed by atoms with Gasteiger partial charge in [0.15, 0.2) is 5.60 Å². The maximum absolute atomic E-state index is 15.7. The Morgan fingerprint density at radius 2 is 0.910 bits per heavy atom. The number of pyridine rings is 2. The molecule has 3 aliphatic heterocycles. The number of ether oxygens (including phenoxy) is 19. The van der Waals surface area contributed by atoms with Crippen LogP contribution in [0.4, 0.5) is 4.39 Å². The molecule has 0 fully saturated rings. The Balaban J connectivity index is 0.829. The number of rotatable bonds is 84. The Hall–Kier alpha value is -10.2. The summed E-state index contributed by atoms with van der Waals surface area (Å²) in [5.41, 5.74) is 0.483. The third kappa shape index (κ3) is 44.2. The Morgan fingerprint density at radius 3 is 1.40 bits per heavy atom. The summed E-state index contributed by atoms with van der Waals surface area (Å²) in [6.45, 7) is 18.6. The summed E-state index contributed by atoms with van der Waals surface area (Å²) in [5, 5.41) is 45.0. The highest BCUT2D eigenvalue weighted by Gasteiger charge is 2.46. The van der Waals surface area contributed by atoms with Gasteiger partial charge in [0.25, 0.3) is 17.4 Å². The molecule has 7 rings (SSSR count). The van der Waals surface area contributed by atoms with Crippen LogP contribution >= 0.6 is 0 Å². The van der Waals surface area contributed by atoms with Gasteiger partial charge >= 0.3 is 11.9 Å². The van der Waals surface area contributed by atoms with Crippen LogP contribution in [-0.4, -0.2) is 396 Å². The third-order valence-corrected chi connectivity index (χ3v) is 23.0. The SMILES string of the molecule is CC[C@@]1(O)C(=O)OCc2c1cc1n(c2=O)Cc2c-1nc1cc(F)c(C)c3c1c2[C@@H](NC(=O)[C@H](C)NC(=O)[C@H](C)NC(=O)[C@H](C)NC(=O)[C@H](CCC(=O)NCCOCCOCCOCCOCCOCCOCCOCCOCCC(=O)O)NC(=O)CCCNC(=O)[C@H](CCCCNC(=O)COCCOCCOCCOCCOCCOCCOCCOCCOCCOC)NC(=O)CCCN1C(=O)C=CC1=O)CC3. The number of nitrogens with one attached hydrogen (secondary N) is 9. The first-order valence-corrected chi connectivity index (χ1v) is 49.2. The standard InChI is InChI=1S/C96H147FN12O35/c1-7-96(125)72-60-78-88-70(62-109(78)94(123)71(72)63-144-95(96)124)87-74(16-15-69-65(2)73(97)61-77(106-88)86(69)87)107-91(120)68(5)102-89(118)66(3)101-90(119)67(4)103-93(122)76(17-18-79(110)99-24-27-128-31-33-131-37-39-134-43-45-137-49-48-136-44-42-133-38-36-130-32-30-127-26-21-85(116)117)105-80(111)13-10-23-100-92(121)75(104-81(112)14-11-25-108-83(114)19-20-84(108)115)12-8-9-22-98-82(113)64-143-59-58-142-57-56-141-55-54-140-53-52-139-51-50-138-47-46-135-41-40-132-35-34-129-29-28-126-6/h19-20,60-61,66-68,74-76,125H,7-18,21-59,62-64H2,1-6H3,(H,98,113)(H,99,110)(H,100,121)(H,101,119)(H,102,118)(H,103,122)(H,104,112)(H,105,111)(H,107,120)(H,116,117)/t66-,67-,68-,74-,75-,76-,96-/m0/s1. The van der Waals surface area contributed by atoms with Crippen molar-refractivity contribution in [1.29, 1.82) is 0 Å². The van der Waals surface area contributed by atoms with Gasteiger partial charge in [0.2, 0.25) is 53.2 Å². The Labute approximate surface area is 836 Å². The first-order valence-electron chi connectivity index (χ1n) is 49.2. The number of aryl methyl sites for hydroxylation is 1. The van der Waals surface area contributed by atoms with Crippen molar-refractivity contribution in [2.24, 2.45) is 0 Å². The average molecular weight is 2050 g/mol. The van der Waals surface area contributed by atoms with Crippen LogP contribution in [0.2, 0.25) is 0 Å². The zero-order chi connectivity index (χ0) is 104. The number of unbranched alkanes of at least 4 members (excludes halogenated alkanes) is 1. The lowest BCUT2D eigenvalue weighted by atomic mass is 9.81. The van der Waals surface area contributed by atoms with Gasteiger partial charge in [0.1, 0.15) is 49.2 Å². The van der Waals surface area contributed by atoms with Crippen molar-refractivity contribution in [2.45, 2.75) is 173 Å². The number of amides is 11. The lowest BCUT2D eigenvalue weighted by molar-refractivity contribution is -0.172. The van der Waals surface area contributed by atoms with Crippen molar-refractivity contribution in [3.8, 4) is 11.4 Å². The number of cyclic esters (lactones) is 1. The van der Waals surface area contributed by atoms with Gasteiger partial charge in [-0.2, -0.15) is 0 Å². The summed E-state index contributed by atoms with van der Waals surface area (Å²) in [6, 6.07) is -4.43. The van der Waals surface area contributed by atoms with E-state index in [0.717, 1.165) is 17.1 Å². The molecule has 0 bridgehead atoms. The molecule has 144 heavy (non-hydrogen) atoms. The molecule has 4 aliphatic rings. The van der Waals surface area contributed by atoms with Crippen molar-refractivity contribution in [1.82, 2.24) is 62.3 Å². The number of carbonyl (C=O) groups is 13. The number of hydrogen-bond donors (Lipinski definition) is 11. The minimum atomic E-state index is -2.12. The van der Waals surface area contributed by atoms with E-state index in [1.807, 2.05) is 0 Å². The van der Waals surface area contributed by atoms with E-state index in [2.05, 4.69) is 47.9 Å². The molecule has 0 spiro atoms. The lowest BCUT2D eigenvalue weighted by Crippen LogP contribution is -2.56. The normalized spacial score (nSPS) is 15.5. The maximum Gasteiger partial charge on any atom is 0.343 e. The van der Waals surface area contributed by atoms with E-state index in [4.69, 9.17) is 100 Å². The fourth-order valence-corrected chi connectivity index (χ4v) is 15.1. The van der Waals surface area contributed by atoms with Crippen molar-refractivity contribution in [2.75, 3.05) is 265 Å². The maximum atomic E-state index is 15.7. The molecule has 0 saturated carbocycles. The quantitative estimate of drug-likeness (QED) is 0.0148. The molecule has 47 nitrogen and oxygen atoms in total. The monoisotopic (exact) mass is 2050 g/mol. The highest BCUT2D eigenvalue weighted by atomic mass is 19.1. The molecule has 48 heteroatoms. The molecule has 0 saturated heterocycles. The molecule has 0 unspecified atom stereocenters. The number of carbonyl (C=O) groups excluding carboxylic acids is 12. The van der Waals surface area contributed by atoms with Gasteiger partial charge < -0.3 is 153 Å². The van der Waals surface area contributed by atoms with E-state index >= 15 is 4.39 Å². The number of hydrogen-bond acceptors (Lipinski definition) is 35. The number of carboxylic acids is 1. The fourth-order valence-electron chi connectivity index (χ4n) is 15.1. The second-order valence-electron chi connectivity index (χ2n) is 33.7. The number of aliphatic hydroxyl groups is 1. The van der Waals surface area contributed by atoms with E-state index in [1.54, 1.807) is 21.0 Å². The number of aromatic nitrogens is 2. The number of imide groups is 1. The largest absolute Gasteiger partial charge is 0.481 e. The summed E-state index contributed by atoms with van der Waals surface area (Å²) in [4.78, 5) is 191. The number of esters is 1. The Kier molecular flexibility index (Phi) is 58.5. The second kappa shape index (κ2) is 69.8. The van der Waals surface area contributed by atoms with Gasteiger partial charge in [-0.05, 0) is 108 Å². The van der Waals surface area contributed by atoms with Gasteiger partial charge in [-0.3, -0.25) is 67.2 Å². The molecule has 3 aromatic rings. The van der Waals surface area contributed by atoms with Crippen LogP contribution < -0.4 is 53.4 Å². The Bertz CT molecular complexity index is 4590. The molecule has 2 aromatic heterocycles. The smallest absolute Gasteiger partial charge is 0.343 e. The first kappa shape index (κ1) is 121. The lowest BCUT2D eigenvalue weighted by Gasteiger charge is -2.31. The number of nitrogens with zero attached hydrogens (tertiary/aromatic N) is 3. The van der Waals surface area contributed by atoms with Crippen molar-refractivity contribution in [3.05, 3.63) is 73.8 Å². The van der Waals surface area contributed by atoms with Gasteiger partial charge in [-0.1, -0.05) is 6.92 Å². The molecule has 808 valence electrons.